The maximum Gasteiger partial charge on any atom is 0.258 e. The van der Waals surface area contributed by atoms with E-state index in [1.54, 1.807) is 0 Å². The molecule has 6 heteroatoms. The van der Waals surface area contributed by atoms with Crippen molar-refractivity contribution in [3.63, 3.8) is 0 Å². The highest BCUT2D eigenvalue weighted by Gasteiger charge is 2.47. The topological polar surface area (TPSA) is 38.3 Å². The average molecular weight is 582 g/mol. The van der Waals surface area contributed by atoms with Crippen LogP contribution in [0, 0.1) is 0 Å². The Kier molecular flexibility index (Phi) is 11.2. The Morgan fingerprint density at radius 3 is 1.62 bits per heavy atom. The van der Waals surface area contributed by atoms with Crippen LogP contribution in [-0.2, 0) is 11.0 Å². The van der Waals surface area contributed by atoms with Gasteiger partial charge in [-0.1, -0.05) is 120 Å². The first kappa shape index (κ1) is 31.7. The van der Waals surface area contributed by atoms with Crippen molar-refractivity contribution in [2.75, 3.05) is 6.16 Å². The molecule has 0 heterocycles. The third-order valence-electron chi connectivity index (χ3n) is 7.59. The molecule has 3 nitrogen and oxygen atoms in total. The van der Waals surface area contributed by atoms with E-state index in [-0.39, 0.29) is 10.8 Å². The summed E-state index contributed by atoms with van der Waals surface area (Å²) in [6.07, 6.45) is 0.825. The van der Waals surface area contributed by atoms with Crippen molar-refractivity contribution in [1.29, 1.82) is 0 Å². The van der Waals surface area contributed by atoms with Gasteiger partial charge in [0.25, 0.3) is 8.32 Å². The molecule has 1 unspecified atom stereocenters. The Labute approximate surface area is 242 Å². The van der Waals surface area contributed by atoms with Crippen LogP contribution in [0.4, 0.5) is 0 Å². The van der Waals surface area contributed by atoms with Crippen LogP contribution in [0.25, 0.3) is 0 Å². The SMILES string of the molecule is CC(C)[Si](Oc1ccccc1[C@H](CP(c1ccccc1)c1ccccc1)NS(=O)C(C)(C)C)(C(C)C)C(C)C. The van der Waals surface area contributed by atoms with Gasteiger partial charge in [0.2, 0.25) is 0 Å². The molecule has 0 aliphatic rings. The molecule has 1 N–H and O–H groups in total. The summed E-state index contributed by atoms with van der Waals surface area (Å²) < 4.78 is 24.1. The molecule has 212 valence electrons. The monoisotopic (exact) mass is 581 g/mol. The third-order valence-corrected chi connectivity index (χ3v) is 17.8. The second kappa shape index (κ2) is 13.7. The maximum atomic E-state index is 13.6. The van der Waals surface area contributed by atoms with Crippen LogP contribution < -0.4 is 19.8 Å². The lowest BCUT2D eigenvalue weighted by Gasteiger charge is -2.43. The number of hydrogen-bond acceptors (Lipinski definition) is 2. The van der Waals surface area contributed by atoms with Gasteiger partial charge in [-0.2, -0.15) is 0 Å². The fraction of sp³-hybridized carbons (Fsp3) is 0.455. The van der Waals surface area contributed by atoms with Gasteiger partial charge >= 0.3 is 0 Å². The Morgan fingerprint density at radius 1 is 0.744 bits per heavy atom. The van der Waals surface area contributed by atoms with E-state index in [0.29, 0.717) is 16.6 Å². The van der Waals surface area contributed by atoms with Crippen molar-refractivity contribution in [1.82, 2.24) is 4.72 Å². The molecule has 0 saturated heterocycles. The Balaban J connectivity index is 2.15. The molecule has 0 amide bonds. The molecule has 0 bridgehead atoms. The van der Waals surface area contributed by atoms with Crippen molar-refractivity contribution in [3.8, 4) is 5.75 Å². The fourth-order valence-corrected chi connectivity index (χ4v) is 14.3. The Hall–Kier alpha value is -1.78. The lowest BCUT2D eigenvalue weighted by atomic mass is 10.1. The van der Waals surface area contributed by atoms with Gasteiger partial charge in [-0.3, -0.25) is 0 Å². The summed E-state index contributed by atoms with van der Waals surface area (Å²) in [7, 11) is -4.13. The molecule has 0 aliphatic carbocycles. The lowest BCUT2D eigenvalue weighted by molar-refractivity contribution is 0.469. The van der Waals surface area contributed by atoms with Gasteiger partial charge in [-0.25, -0.2) is 8.93 Å². The highest BCUT2D eigenvalue weighted by atomic mass is 32.2. The van der Waals surface area contributed by atoms with E-state index in [0.717, 1.165) is 17.5 Å². The van der Waals surface area contributed by atoms with Gasteiger partial charge < -0.3 is 4.43 Å². The smallest absolute Gasteiger partial charge is 0.258 e. The standard InChI is InChI=1S/C33H48NO2PSSi/c1-25(2)39(26(3)4,27(5)6)36-32-23-17-16-22-30(32)31(34-38(35)33(7,8)9)24-37(28-18-12-10-13-19-28)29-20-14-11-15-21-29/h10-23,25-27,31,34H,24H2,1-9H3/t31-,38?/m0/s1. The van der Waals surface area contributed by atoms with Crippen LogP contribution in [0.2, 0.25) is 16.6 Å². The van der Waals surface area contributed by atoms with Gasteiger partial charge in [-0.15, -0.1) is 0 Å². The first-order valence-corrected chi connectivity index (χ1v) is 19.0. The molecule has 3 aromatic carbocycles. The van der Waals surface area contributed by atoms with Crippen LogP contribution in [0.5, 0.6) is 5.75 Å². The summed E-state index contributed by atoms with van der Waals surface area (Å²) >= 11 is 0. The first-order chi connectivity index (χ1) is 18.4. The Morgan fingerprint density at radius 2 is 1.18 bits per heavy atom. The molecular weight excluding hydrogens is 533 g/mol. The van der Waals surface area contributed by atoms with Crippen LogP contribution in [0.1, 0.15) is 73.9 Å². The zero-order chi connectivity index (χ0) is 28.8. The molecule has 39 heavy (non-hydrogen) atoms. The highest BCUT2D eigenvalue weighted by molar-refractivity contribution is 7.84. The largest absolute Gasteiger partial charge is 0.542 e. The van der Waals surface area contributed by atoms with Crippen molar-refractivity contribution in [2.45, 2.75) is 89.7 Å². The van der Waals surface area contributed by atoms with E-state index < -0.39 is 27.2 Å². The minimum absolute atomic E-state index is 0.133. The van der Waals surface area contributed by atoms with Crippen LogP contribution in [0.3, 0.4) is 0 Å². The van der Waals surface area contributed by atoms with Gasteiger partial charge in [0, 0.05) is 5.56 Å². The zero-order valence-corrected chi connectivity index (χ0v) is 28.0. The number of benzene rings is 3. The van der Waals surface area contributed by atoms with E-state index in [1.807, 2.05) is 20.8 Å². The van der Waals surface area contributed by atoms with Gasteiger partial charge in [0.1, 0.15) is 5.75 Å². The summed E-state index contributed by atoms with van der Waals surface area (Å²) in [4.78, 5) is 0. The van der Waals surface area contributed by atoms with E-state index in [2.05, 4.69) is 131 Å². The number of nitrogens with one attached hydrogen (secondary N) is 1. The zero-order valence-electron chi connectivity index (χ0n) is 25.3. The van der Waals surface area contributed by atoms with Gasteiger partial charge in [-0.05, 0) is 68.2 Å². The minimum atomic E-state index is -2.19. The van der Waals surface area contributed by atoms with Crippen LogP contribution >= 0.6 is 7.92 Å². The van der Waals surface area contributed by atoms with E-state index in [4.69, 9.17) is 4.43 Å². The summed E-state index contributed by atoms with van der Waals surface area (Å²) in [6, 6.07) is 29.9. The van der Waals surface area contributed by atoms with Crippen molar-refractivity contribution in [2.24, 2.45) is 0 Å². The van der Waals surface area contributed by atoms with Crippen molar-refractivity contribution in [3.05, 3.63) is 90.5 Å². The molecule has 0 aromatic heterocycles. The Bertz CT molecular complexity index is 1130. The molecule has 3 aromatic rings. The first-order valence-electron chi connectivity index (χ1n) is 14.2. The molecule has 0 fully saturated rings. The van der Waals surface area contributed by atoms with E-state index in [1.165, 1.54) is 10.6 Å². The predicted octanol–water partition coefficient (Wildman–Crippen LogP) is 8.47. The summed E-state index contributed by atoms with van der Waals surface area (Å²) in [5.74, 6) is 0.944. The van der Waals surface area contributed by atoms with E-state index in [9.17, 15) is 4.21 Å². The lowest BCUT2D eigenvalue weighted by Crippen LogP contribution is -2.51. The predicted molar refractivity (Wildman–Crippen MR) is 176 cm³/mol. The quantitative estimate of drug-likeness (QED) is 0.172. The second-order valence-corrected chi connectivity index (χ2v) is 21.9. The average Bonchev–Trinajstić information content (AvgIpc) is 2.89. The molecule has 2 atom stereocenters. The number of hydrogen-bond donors (Lipinski definition) is 1. The minimum Gasteiger partial charge on any atom is -0.542 e. The number of rotatable bonds is 12. The molecule has 0 saturated carbocycles. The van der Waals surface area contributed by atoms with E-state index >= 15 is 0 Å². The molecule has 0 aliphatic heterocycles. The normalized spacial score (nSPS) is 14.3. The molecule has 0 spiro atoms. The molecule has 3 rings (SSSR count). The van der Waals surface area contributed by atoms with Crippen LogP contribution in [-0.4, -0.2) is 23.4 Å². The van der Waals surface area contributed by atoms with Crippen molar-refractivity contribution < 1.29 is 8.63 Å². The third kappa shape index (κ3) is 7.70. The fourth-order valence-electron chi connectivity index (χ4n) is 5.67. The summed E-state index contributed by atoms with van der Waals surface area (Å²) in [5.41, 5.74) is 2.50. The summed E-state index contributed by atoms with van der Waals surface area (Å²) in [6.45, 7) is 20.0. The van der Waals surface area contributed by atoms with Crippen molar-refractivity contribution >= 4 is 37.8 Å². The van der Waals surface area contributed by atoms with Gasteiger partial charge in [0.15, 0.2) is 0 Å². The summed E-state index contributed by atoms with van der Waals surface area (Å²) in [5, 5.41) is 2.64. The second-order valence-electron chi connectivity index (χ2n) is 12.3. The number of para-hydroxylation sites is 1. The maximum absolute atomic E-state index is 13.6. The molecular formula is C33H48NO2PSSi. The van der Waals surface area contributed by atoms with Gasteiger partial charge in [0.05, 0.1) is 21.8 Å². The van der Waals surface area contributed by atoms with Crippen LogP contribution in [0.15, 0.2) is 84.9 Å². The highest BCUT2D eigenvalue weighted by Crippen LogP contribution is 2.46. The molecule has 0 radical (unpaired) electrons.